The predicted octanol–water partition coefficient (Wildman–Crippen LogP) is 1.83. The van der Waals surface area contributed by atoms with Crippen LogP contribution >= 0.6 is 31.9 Å². The average molecular weight is 366 g/mol. The molecule has 0 radical (unpaired) electrons. The maximum atomic E-state index is 3.47. The summed E-state index contributed by atoms with van der Waals surface area (Å²) in [6, 6.07) is 0. The molecular weight excluding hydrogens is 348 g/mol. The largest absolute Gasteiger partial charge is 0.358 e. The third kappa shape index (κ3) is 3.81. The zero-order chi connectivity index (χ0) is 12.1. The SMILES string of the molecule is BrCCN1C=CN(CN2C=CN(CCBr)C2)C1. The topological polar surface area (TPSA) is 13.0 Å². The number of hydrogen-bond acceptors (Lipinski definition) is 4. The van der Waals surface area contributed by atoms with E-state index in [4.69, 9.17) is 0 Å². The van der Waals surface area contributed by atoms with Crippen LogP contribution in [0.2, 0.25) is 0 Å². The van der Waals surface area contributed by atoms with Crippen molar-refractivity contribution >= 4 is 31.9 Å². The van der Waals surface area contributed by atoms with Gasteiger partial charge in [0.05, 0.1) is 20.0 Å². The third-order valence-corrected chi connectivity index (χ3v) is 3.52. The minimum atomic E-state index is 0.963. The molecule has 0 aromatic rings. The molecule has 0 N–H and O–H groups in total. The van der Waals surface area contributed by atoms with Gasteiger partial charge >= 0.3 is 0 Å². The summed E-state index contributed by atoms with van der Waals surface area (Å²) < 4.78 is 0. The van der Waals surface area contributed by atoms with Gasteiger partial charge in [0.25, 0.3) is 0 Å². The van der Waals surface area contributed by atoms with E-state index < -0.39 is 0 Å². The summed E-state index contributed by atoms with van der Waals surface area (Å²) >= 11 is 6.93. The molecule has 6 heteroatoms. The van der Waals surface area contributed by atoms with Crippen LogP contribution in [0.5, 0.6) is 0 Å². The summed E-state index contributed by atoms with van der Waals surface area (Å²) in [6.45, 7) is 5.09. The highest BCUT2D eigenvalue weighted by molar-refractivity contribution is 9.09. The highest BCUT2D eigenvalue weighted by Crippen LogP contribution is 2.12. The Morgan fingerprint density at radius 3 is 1.53 bits per heavy atom. The van der Waals surface area contributed by atoms with Gasteiger partial charge in [0.2, 0.25) is 0 Å². The summed E-state index contributed by atoms with van der Waals surface area (Å²) in [5, 5.41) is 2.04. The van der Waals surface area contributed by atoms with E-state index >= 15 is 0 Å². The van der Waals surface area contributed by atoms with Crippen LogP contribution in [0.15, 0.2) is 24.8 Å². The molecule has 96 valence electrons. The molecule has 0 aromatic carbocycles. The Bertz CT molecular complexity index is 267. The molecule has 0 spiro atoms. The molecule has 2 rings (SSSR count). The van der Waals surface area contributed by atoms with E-state index in [1.165, 1.54) is 0 Å². The molecule has 0 unspecified atom stereocenters. The van der Waals surface area contributed by atoms with Gasteiger partial charge in [0, 0.05) is 48.5 Å². The lowest BCUT2D eigenvalue weighted by Crippen LogP contribution is -2.36. The van der Waals surface area contributed by atoms with Gasteiger partial charge in [-0.05, 0) is 0 Å². The van der Waals surface area contributed by atoms with Gasteiger partial charge in [0.1, 0.15) is 0 Å². The smallest absolute Gasteiger partial charge is 0.0927 e. The second-order valence-electron chi connectivity index (χ2n) is 4.20. The normalized spacial score (nSPS) is 18.9. The van der Waals surface area contributed by atoms with Crippen molar-refractivity contribution in [1.29, 1.82) is 0 Å². The van der Waals surface area contributed by atoms with E-state index in [9.17, 15) is 0 Å². The second-order valence-corrected chi connectivity index (χ2v) is 5.79. The van der Waals surface area contributed by atoms with Crippen LogP contribution in [0, 0.1) is 0 Å². The van der Waals surface area contributed by atoms with Crippen molar-refractivity contribution in [3.8, 4) is 0 Å². The fraction of sp³-hybridized carbons (Fsp3) is 0.636. The highest BCUT2D eigenvalue weighted by Gasteiger charge is 2.16. The predicted molar refractivity (Wildman–Crippen MR) is 77.6 cm³/mol. The van der Waals surface area contributed by atoms with Gasteiger partial charge in [-0.1, -0.05) is 31.9 Å². The van der Waals surface area contributed by atoms with E-state index in [2.05, 4.69) is 76.3 Å². The highest BCUT2D eigenvalue weighted by atomic mass is 79.9. The van der Waals surface area contributed by atoms with Crippen LogP contribution in [-0.4, -0.2) is 63.4 Å². The van der Waals surface area contributed by atoms with Crippen molar-refractivity contribution < 1.29 is 0 Å². The minimum absolute atomic E-state index is 0.963. The maximum absolute atomic E-state index is 3.47. The maximum Gasteiger partial charge on any atom is 0.0927 e. The molecule has 2 aliphatic heterocycles. The van der Waals surface area contributed by atoms with E-state index in [1.54, 1.807) is 0 Å². The summed E-state index contributed by atoms with van der Waals surface area (Å²) in [6.07, 6.45) is 8.67. The first-order valence-electron chi connectivity index (χ1n) is 5.76. The van der Waals surface area contributed by atoms with Gasteiger partial charge in [-0.3, -0.25) is 0 Å². The Hall–Kier alpha value is -0.360. The van der Waals surface area contributed by atoms with Crippen molar-refractivity contribution in [3.63, 3.8) is 0 Å². The number of hydrogen-bond donors (Lipinski definition) is 0. The molecule has 0 aromatic heterocycles. The molecule has 0 bridgehead atoms. The van der Waals surface area contributed by atoms with Crippen LogP contribution in [0.1, 0.15) is 0 Å². The van der Waals surface area contributed by atoms with E-state index in [1.807, 2.05) is 0 Å². The summed E-state index contributed by atoms with van der Waals surface area (Å²) in [5.41, 5.74) is 0. The molecule has 0 saturated heterocycles. The van der Waals surface area contributed by atoms with Crippen molar-refractivity contribution in [2.24, 2.45) is 0 Å². The van der Waals surface area contributed by atoms with Gasteiger partial charge in [-0.2, -0.15) is 0 Å². The Balaban J connectivity index is 1.70. The summed E-state index contributed by atoms with van der Waals surface area (Å²) in [4.78, 5) is 9.27. The van der Waals surface area contributed by atoms with Crippen molar-refractivity contribution in [2.45, 2.75) is 0 Å². The number of halogens is 2. The molecule has 0 fully saturated rings. The molecule has 0 amide bonds. The zero-order valence-electron chi connectivity index (χ0n) is 9.80. The standard InChI is InChI=1S/C11H18Br2N4/c12-1-3-14-5-7-16(9-14)11-17-8-6-15(10-17)4-2-13/h5-8H,1-4,9-11H2. The van der Waals surface area contributed by atoms with Crippen molar-refractivity contribution in [1.82, 2.24) is 19.6 Å². The minimum Gasteiger partial charge on any atom is -0.358 e. The first-order valence-corrected chi connectivity index (χ1v) is 8.01. The first kappa shape index (κ1) is 13.1. The third-order valence-electron chi connectivity index (χ3n) is 2.81. The van der Waals surface area contributed by atoms with E-state index in [-0.39, 0.29) is 0 Å². The average Bonchev–Trinajstić information content (AvgIpc) is 2.91. The van der Waals surface area contributed by atoms with E-state index in [0.717, 1.165) is 43.8 Å². The van der Waals surface area contributed by atoms with Gasteiger partial charge in [-0.15, -0.1) is 0 Å². The van der Waals surface area contributed by atoms with Crippen LogP contribution in [-0.2, 0) is 0 Å². The number of rotatable bonds is 6. The Morgan fingerprint density at radius 1 is 0.706 bits per heavy atom. The van der Waals surface area contributed by atoms with Crippen molar-refractivity contribution in [2.75, 3.05) is 43.8 Å². The molecule has 0 saturated carbocycles. The van der Waals surface area contributed by atoms with Crippen molar-refractivity contribution in [3.05, 3.63) is 24.8 Å². The van der Waals surface area contributed by atoms with Crippen LogP contribution < -0.4 is 0 Å². The molecule has 2 heterocycles. The molecule has 0 aliphatic carbocycles. The lowest BCUT2D eigenvalue weighted by molar-refractivity contribution is 0.168. The Kier molecular flexibility index (Phi) is 5.03. The first-order chi connectivity index (χ1) is 8.31. The van der Waals surface area contributed by atoms with Gasteiger partial charge in [0.15, 0.2) is 0 Å². The van der Waals surface area contributed by atoms with Crippen LogP contribution in [0.25, 0.3) is 0 Å². The summed E-state index contributed by atoms with van der Waals surface area (Å²) in [5.74, 6) is 0. The lowest BCUT2D eigenvalue weighted by atomic mass is 10.6. The molecule has 17 heavy (non-hydrogen) atoms. The van der Waals surface area contributed by atoms with Crippen LogP contribution in [0.3, 0.4) is 0 Å². The molecule has 2 aliphatic rings. The van der Waals surface area contributed by atoms with Gasteiger partial charge < -0.3 is 19.6 Å². The quantitative estimate of drug-likeness (QED) is 0.665. The number of alkyl halides is 2. The summed E-state index contributed by atoms with van der Waals surface area (Å²) in [7, 11) is 0. The number of nitrogens with zero attached hydrogens (tertiary/aromatic N) is 4. The lowest BCUT2D eigenvalue weighted by Gasteiger charge is -2.27. The fourth-order valence-corrected chi connectivity index (χ4v) is 2.87. The molecule has 4 nitrogen and oxygen atoms in total. The fourth-order valence-electron chi connectivity index (χ4n) is 1.96. The van der Waals surface area contributed by atoms with Gasteiger partial charge in [-0.25, -0.2) is 0 Å². The molecular formula is C11H18Br2N4. The second kappa shape index (κ2) is 6.54. The molecule has 0 atom stereocenters. The monoisotopic (exact) mass is 364 g/mol. The Labute approximate surface area is 120 Å². The van der Waals surface area contributed by atoms with E-state index in [0.29, 0.717) is 0 Å². The zero-order valence-corrected chi connectivity index (χ0v) is 13.0. The Morgan fingerprint density at radius 2 is 1.12 bits per heavy atom. The van der Waals surface area contributed by atoms with Crippen LogP contribution in [0.4, 0.5) is 0 Å².